The molecule has 1 saturated heterocycles. The maximum atomic E-state index is 3.76. The third kappa shape index (κ3) is 2.60. The van der Waals surface area contributed by atoms with Gasteiger partial charge in [-0.2, -0.15) is 0 Å². The van der Waals surface area contributed by atoms with E-state index in [-0.39, 0.29) is 0 Å². The van der Waals surface area contributed by atoms with Gasteiger partial charge in [-0.25, -0.2) is 0 Å². The number of fused-ring (bicyclic) bond motifs is 1. The highest BCUT2D eigenvalue weighted by Crippen LogP contribution is 2.21. The van der Waals surface area contributed by atoms with E-state index in [9.17, 15) is 0 Å². The van der Waals surface area contributed by atoms with E-state index in [1.165, 1.54) is 38.8 Å². The number of rotatable bonds is 4. The molecule has 2 heteroatoms. The summed E-state index contributed by atoms with van der Waals surface area (Å²) in [7, 11) is 0. The Hall–Kier alpha value is -0.860. The SMILES string of the molecule is CC(CNC1Cc2ccccc2C1)N1CCCC1. The summed E-state index contributed by atoms with van der Waals surface area (Å²) in [6.45, 7) is 6.10. The Morgan fingerprint density at radius 1 is 1.17 bits per heavy atom. The fourth-order valence-electron chi connectivity index (χ4n) is 3.35. The molecule has 1 aromatic rings. The normalized spacial score (nSPS) is 22.3. The molecule has 2 aliphatic rings. The molecule has 1 atom stereocenters. The van der Waals surface area contributed by atoms with Crippen LogP contribution in [0.4, 0.5) is 0 Å². The summed E-state index contributed by atoms with van der Waals surface area (Å²) in [5.41, 5.74) is 3.09. The van der Waals surface area contributed by atoms with Crippen molar-refractivity contribution in [3.05, 3.63) is 35.4 Å². The lowest BCUT2D eigenvalue weighted by Crippen LogP contribution is -2.42. The molecule has 98 valence electrons. The summed E-state index contributed by atoms with van der Waals surface area (Å²) < 4.78 is 0. The molecule has 1 fully saturated rings. The fraction of sp³-hybridized carbons (Fsp3) is 0.625. The predicted octanol–water partition coefficient (Wildman–Crippen LogP) is 2.23. The Balaban J connectivity index is 1.48. The second-order valence-corrected chi connectivity index (χ2v) is 5.87. The van der Waals surface area contributed by atoms with Crippen LogP contribution >= 0.6 is 0 Å². The average Bonchev–Trinajstić information content (AvgIpc) is 3.04. The van der Waals surface area contributed by atoms with Gasteiger partial charge in [0.25, 0.3) is 0 Å². The second kappa shape index (κ2) is 5.41. The topological polar surface area (TPSA) is 15.3 Å². The van der Waals surface area contributed by atoms with Crippen molar-refractivity contribution in [2.45, 2.75) is 44.7 Å². The second-order valence-electron chi connectivity index (χ2n) is 5.87. The van der Waals surface area contributed by atoms with Crippen LogP contribution in [0.15, 0.2) is 24.3 Å². The molecule has 1 unspecified atom stereocenters. The van der Waals surface area contributed by atoms with Crippen LogP contribution in [-0.2, 0) is 12.8 Å². The van der Waals surface area contributed by atoms with Gasteiger partial charge in [0.2, 0.25) is 0 Å². The van der Waals surface area contributed by atoms with E-state index in [1.807, 2.05) is 0 Å². The molecule has 0 spiro atoms. The molecule has 1 N–H and O–H groups in total. The Morgan fingerprint density at radius 3 is 2.39 bits per heavy atom. The molecule has 0 aromatic heterocycles. The van der Waals surface area contributed by atoms with Crippen molar-refractivity contribution in [1.82, 2.24) is 10.2 Å². The van der Waals surface area contributed by atoms with E-state index in [0.717, 1.165) is 6.54 Å². The van der Waals surface area contributed by atoms with Gasteiger partial charge in [-0.3, -0.25) is 4.90 Å². The molecule has 2 nitrogen and oxygen atoms in total. The zero-order valence-corrected chi connectivity index (χ0v) is 11.4. The molecule has 0 radical (unpaired) electrons. The summed E-state index contributed by atoms with van der Waals surface area (Å²) in [5.74, 6) is 0. The monoisotopic (exact) mass is 244 g/mol. The summed E-state index contributed by atoms with van der Waals surface area (Å²) in [6.07, 6.45) is 5.20. The van der Waals surface area contributed by atoms with Crippen molar-refractivity contribution in [3.8, 4) is 0 Å². The standard InChI is InChI=1S/C16H24N2/c1-13(18-8-4-5-9-18)12-17-16-10-14-6-2-3-7-15(14)11-16/h2-3,6-7,13,16-17H,4-5,8-12H2,1H3. The van der Waals surface area contributed by atoms with E-state index < -0.39 is 0 Å². The van der Waals surface area contributed by atoms with Crippen molar-refractivity contribution in [2.75, 3.05) is 19.6 Å². The molecule has 0 bridgehead atoms. The minimum Gasteiger partial charge on any atom is -0.312 e. The Bertz CT molecular complexity index is 371. The van der Waals surface area contributed by atoms with Crippen LogP contribution in [0.2, 0.25) is 0 Å². The van der Waals surface area contributed by atoms with E-state index >= 15 is 0 Å². The molecule has 3 rings (SSSR count). The quantitative estimate of drug-likeness (QED) is 0.874. The number of nitrogens with one attached hydrogen (secondary N) is 1. The lowest BCUT2D eigenvalue weighted by Gasteiger charge is -2.25. The lowest BCUT2D eigenvalue weighted by molar-refractivity contribution is 0.246. The third-order valence-corrected chi connectivity index (χ3v) is 4.52. The first-order valence-electron chi connectivity index (χ1n) is 7.37. The molecule has 1 aliphatic heterocycles. The van der Waals surface area contributed by atoms with Gasteiger partial charge in [0, 0.05) is 18.6 Å². The summed E-state index contributed by atoms with van der Waals surface area (Å²) in [5, 5.41) is 3.76. The molecule has 1 heterocycles. The Morgan fingerprint density at radius 2 is 1.78 bits per heavy atom. The minimum atomic E-state index is 0.660. The summed E-state index contributed by atoms with van der Waals surface area (Å²) in [4.78, 5) is 2.62. The highest BCUT2D eigenvalue weighted by molar-refractivity contribution is 5.33. The number of hydrogen-bond acceptors (Lipinski definition) is 2. The minimum absolute atomic E-state index is 0.660. The number of benzene rings is 1. The van der Waals surface area contributed by atoms with Crippen LogP contribution in [-0.4, -0.2) is 36.6 Å². The highest BCUT2D eigenvalue weighted by Gasteiger charge is 2.22. The van der Waals surface area contributed by atoms with Gasteiger partial charge in [-0.05, 0) is 56.8 Å². The van der Waals surface area contributed by atoms with Crippen molar-refractivity contribution in [2.24, 2.45) is 0 Å². The first-order chi connectivity index (χ1) is 8.83. The van der Waals surface area contributed by atoms with Crippen molar-refractivity contribution in [3.63, 3.8) is 0 Å². The Kier molecular flexibility index (Phi) is 3.67. The molecule has 1 aliphatic carbocycles. The van der Waals surface area contributed by atoms with Gasteiger partial charge in [-0.1, -0.05) is 24.3 Å². The van der Waals surface area contributed by atoms with Crippen LogP contribution in [0.3, 0.4) is 0 Å². The summed E-state index contributed by atoms with van der Waals surface area (Å²) >= 11 is 0. The predicted molar refractivity (Wildman–Crippen MR) is 75.9 cm³/mol. The van der Waals surface area contributed by atoms with Gasteiger partial charge in [0.05, 0.1) is 0 Å². The van der Waals surface area contributed by atoms with Crippen LogP contribution in [0.25, 0.3) is 0 Å². The lowest BCUT2D eigenvalue weighted by atomic mass is 10.1. The van der Waals surface area contributed by atoms with Crippen molar-refractivity contribution < 1.29 is 0 Å². The average molecular weight is 244 g/mol. The molecule has 18 heavy (non-hydrogen) atoms. The van der Waals surface area contributed by atoms with Gasteiger partial charge in [0.15, 0.2) is 0 Å². The number of nitrogens with zero attached hydrogens (tertiary/aromatic N) is 1. The van der Waals surface area contributed by atoms with E-state index in [4.69, 9.17) is 0 Å². The number of hydrogen-bond donors (Lipinski definition) is 1. The van der Waals surface area contributed by atoms with E-state index in [2.05, 4.69) is 41.4 Å². The summed E-state index contributed by atoms with van der Waals surface area (Å²) in [6, 6.07) is 10.2. The largest absolute Gasteiger partial charge is 0.312 e. The van der Waals surface area contributed by atoms with Crippen molar-refractivity contribution >= 4 is 0 Å². The van der Waals surface area contributed by atoms with Crippen LogP contribution in [0.1, 0.15) is 30.9 Å². The van der Waals surface area contributed by atoms with Crippen LogP contribution < -0.4 is 5.32 Å². The smallest absolute Gasteiger partial charge is 0.0192 e. The van der Waals surface area contributed by atoms with Gasteiger partial charge < -0.3 is 5.32 Å². The van der Waals surface area contributed by atoms with Gasteiger partial charge in [-0.15, -0.1) is 0 Å². The zero-order chi connectivity index (χ0) is 12.4. The van der Waals surface area contributed by atoms with E-state index in [0.29, 0.717) is 12.1 Å². The fourth-order valence-corrected chi connectivity index (χ4v) is 3.35. The van der Waals surface area contributed by atoms with E-state index in [1.54, 1.807) is 11.1 Å². The molecule has 0 amide bonds. The molecular formula is C16H24N2. The Labute approximate surface area is 110 Å². The third-order valence-electron chi connectivity index (χ3n) is 4.52. The number of likely N-dealkylation sites (tertiary alicyclic amines) is 1. The highest BCUT2D eigenvalue weighted by atomic mass is 15.2. The molecule has 0 saturated carbocycles. The van der Waals surface area contributed by atoms with Crippen molar-refractivity contribution in [1.29, 1.82) is 0 Å². The maximum absolute atomic E-state index is 3.76. The molecule has 1 aromatic carbocycles. The van der Waals surface area contributed by atoms with Crippen LogP contribution in [0.5, 0.6) is 0 Å². The first-order valence-corrected chi connectivity index (χ1v) is 7.37. The maximum Gasteiger partial charge on any atom is 0.0192 e. The van der Waals surface area contributed by atoms with Crippen LogP contribution in [0, 0.1) is 0 Å². The van der Waals surface area contributed by atoms with Gasteiger partial charge in [0.1, 0.15) is 0 Å². The van der Waals surface area contributed by atoms with Gasteiger partial charge >= 0.3 is 0 Å². The first kappa shape index (κ1) is 12.2. The molecular weight excluding hydrogens is 220 g/mol. The zero-order valence-electron chi connectivity index (χ0n) is 11.4.